The van der Waals surface area contributed by atoms with E-state index in [0.717, 1.165) is 35.0 Å². The van der Waals surface area contributed by atoms with Crippen LogP contribution in [-0.4, -0.2) is 47.3 Å². The van der Waals surface area contributed by atoms with E-state index >= 15 is 0 Å². The van der Waals surface area contributed by atoms with Crippen LogP contribution in [0.5, 0.6) is 0 Å². The molecule has 0 spiro atoms. The van der Waals surface area contributed by atoms with E-state index in [9.17, 15) is 9.90 Å². The topological polar surface area (TPSA) is 62.7 Å². The van der Waals surface area contributed by atoms with Crippen LogP contribution in [0.25, 0.3) is 10.2 Å². The number of benzene rings is 1. The molecule has 2 atom stereocenters. The second kappa shape index (κ2) is 10.9. The summed E-state index contributed by atoms with van der Waals surface area (Å²) in [5.74, 6) is 0. The Hall–Kier alpha value is -1.44. The number of likely N-dealkylation sites (tertiary alicyclic amines) is 1. The van der Waals surface area contributed by atoms with Gasteiger partial charge in [-0.05, 0) is 74.7 Å². The third-order valence-electron chi connectivity index (χ3n) is 7.79. The maximum Gasteiger partial charge on any atom is 0.410 e. The maximum absolute atomic E-state index is 12.9. The number of aromatic nitrogens is 1. The van der Waals surface area contributed by atoms with Gasteiger partial charge in [0.1, 0.15) is 13.7 Å². The molecule has 1 amide bonds. The fraction of sp³-hybridized carbons (Fsp3) is 0.714. The van der Waals surface area contributed by atoms with Gasteiger partial charge in [0.25, 0.3) is 0 Å². The molecule has 5 nitrogen and oxygen atoms in total. The number of fused-ring (bicyclic) bond motifs is 1. The monoisotopic (exact) mass is 518 g/mol. The van der Waals surface area contributed by atoms with Gasteiger partial charge in [-0.25, -0.2) is 9.78 Å². The largest absolute Gasteiger partial charge is 0.444 e. The number of amides is 1. The van der Waals surface area contributed by atoms with Gasteiger partial charge in [-0.15, -0.1) is 11.3 Å². The Labute approximate surface area is 217 Å². The summed E-state index contributed by atoms with van der Waals surface area (Å²) in [5.41, 5.74) is 3.17. The fourth-order valence-electron chi connectivity index (χ4n) is 6.35. The number of rotatable bonds is 7. The van der Waals surface area contributed by atoms with Crippen molar-refractivity contribution >= 4 is 40.4 Å². The van der Waals surface area contributed by atoms with Crippen LogP contribution in [0, 0.1) is 0 Å². The van der Waals surface area contributed by atoms with Crippen LogP contribution in [0.3, 0.4) is 0 Å². The van der Waals surface area contributed by atoms with Crippen LogP contribution in [0.1, 0.15) is 99.7 Å². The van der Waals surface area contributed by atoms with Gasteiger partial charge >= 0.3 is 6.09 Å². The Bertz CT molecular complexity index is 990. The van der Waals surface area contributed by atoms with Gasteiger partial charge < -0.3 is 14.7 Å². The molecule has 1 fully saturated rings. The summed E-state index contributed by atoms with van der Waals surface area (Å²) in [5, 5.41) is 11.5. The predicted octanol–water partition coefficient (Wildman–Crippen LogP) is 7.40. The number of thiazole rings is 1. The number of hydrogen-bond acceptors (Lipinski definition) is 5. The first kappa shape index (κ1) is 28.1. The summed E-state index contributed by atoms with van der Waals surface area (Å²) in [4.78, 5) is 19.9. The van der Waals surface area contributed by atoms with E-state index in [0.29, 0.717) is 29.6 Å². The number of piperidine rings is 1. The molecule has 1 aromatic heterocycles. The first-order chi connectivity index (χ1) is 16.3. The molecule has 0 unspecified atom stereocenters. The first-order valence-electron chi connectivity index (χ1n) is 13.4. The first-order valence-corrected chi connectivity index (χ1v) is 16.4. The third kappa shape index (κ3) is 5.77. The number of aliphatic hydroxyl groups excluding tert-OH is 1. The molecular weight excluding hydrogens is 472 g/mol. The number of nitrogens with zero attached hydrogens (tertiary/aromatic N) is 2. The van der Waals surface area contributed by atoms with Crippen molar-refractivity contribution in [3.05, 3.63) is 23.8 Å². The van der Waals surface area contributed by atoms with Crippen molar-refractivity contribution < 1.29 is 14.6 Å². The molecule has 1 aliphatic heterocycles. The van der Waals surface area contributed by atoms with Crippen LogP contribution >= 0.6 is 11.3 Å². The lowest BCUT2D eigenvalue weighted by molar-refractivity contribution is 0.00246. The molecule has 1 N–H and O–H groups in total. The van der Waals surface area contributed by atoms with E-state index in [1.54, 1.807) is 11.3 Å². The summed E-state index contributed by atoms with van der Waals surface area (Å²) in [7, 11) is -1.88. The van der Waals surface area contributed by atoms with Crippen molar-refractivity contribution in [3.63, 3.8) is 0 Å². The smallest absolute Gasteiger partial charge is 0.410 e. The lowest BCUT2D eigenvalue weighted by atomic mass is 9.94. The predicted molar refractivity (Wildman–Crippen MR) is 150 cm³/mol. The van der Waals surface area contributed by atoms with E-state index < -0.39 is 19.8 Å². The molecular formula is C28H46N2O3SSi. The van der Waals surface area contributed by atoms with Gasteiger partial charge in [0.05, 0.1) is 21.0 Å². The summed E-state index contributed by atoms with van der Waals surface area (Å²) in [6.45, 7) is 20.6. The molecule has 0 saturated carbocycles. The van der Waals surface area contributed by atoms with Crippen molar-refractivity contribution in [2.75, 3.05) is 6.54 Å². The lowest BCUT2D eigenvalue weighted by Crippen LogP contribution is -2.55. The van der Waals surface area contributed by atoms with E-state index in [1.165, 1.54) is 4.63 Å². The second-order valence-electron chi connectivity index (χ2n) is 12.2. The number of carbonyl (C=O) groups is 1. The molecule has 1 aliphatic rings. The van der Waals surface area contributed by atoms with Gasteiger partial charge in [-0.1, -0.05) is 53.7 Å². The van der Waals surface area contributed by atoms with Gasteiger partial charge in [0, 0.05) is 12.6 Å². The Morgan fingerprint density at radius 2 is 1.77 bits per heavy atom. The van der Waals surface area contributed by atoms with Crippen molar-refractivity contribution in [2.45, 2.75) is 122 Å². The molecule has 2 heterocycles. The molecule has 196 valence electrons. The SMILES string of the molecule is CC(C)[Si](c1nc2cccc([C@H](O)C[C@@H]3CCCCN3C(=O)OC(C)(C)C)c2s1)(C(C)C)C(C)C. The molecule has 0 aliphatic carbocycles. The highest BCUT2D eigenvalue weighted by Crippen LogP contribution is 2.43. The van der Waals surface area contributed by atoms with Gasteiger partial charge in [0.2, 0.25) is 0 Å². The summed E-state index contributed by atoms with van der Waals surface area (Å²) < 4.78 is 8.09. The minimum absolute atomic E-state index is 0.0216. The summed E-state index contributed by atoms with van der Waals surface area (Å²) in [6.07, 6.45) is 2.54. The van der Waals surface area contributed by atoms with Crippen LogP contribution in [0.4, 0.5) is 4.79 Å². The number of hydrogen-bond donors (Lipinski definition) is 1. The number of aliphatic hydroxyl groups is 1. The lowest BCUT2D eigenvalue weighted by Gasteiger charge is -2.41. The minimum Gasteiger partial charge on any atom is -0.444 e. The Kier molecular flexibility index (Phi) is 8.76. The van der Waals surface area contributed by atoms with E-state index in [4.69, 9.17) is 9.72 Å². The summed E-state index contributed by atoms with van der Waals surface area (Å²) >= 11 is 1.81. The molecule has 2 aromatic rings. The quantitative estimate of drug-likeness (QED) is 0.388. The van der Waals surface area contributed by atoms with E-state index in [1.807, 2.05) is 37.8 Å². The van der Waals surface area contributed by atoms with Gasteiger partial charge in [-0.3, -0.25) is 0 Å². The van der Waals surface area contributed by atoms with E-state index in [2.05, 4.69) is 47.6 Å². The minimum atomic E-state index is -1.88. The molecule has 1 aromatic carbocycles. The normalized spacial score (nSPS) is 18.7. The molecule has 0 radical (unpaired) electrons. The highest BCUT2D eigenvalue weighted by molar-refractivity contribution is 7.31. The van der Waals surface area contributed by atoms with Crippen molar-refractivity contribution in [3.8, 4) is 0 Å². The van der Waals surface area contributed by atoms with Crippen molar-refractivity contribution in [2.24, 2.45) is 0 Å². The van der Waals surface area contributed by atoms with Crippen LogP contribution in [0.15, 0.2) is 18.2 Å². The average molecular weight is 519 g/mol. The molecule has 0 bridgehead atoms. The Morgan fingerprint density at radius 3 is 2.34 bits per heavy atom. The van der Waals surface area contributed by atoms with Crippen molar-refractivity contribution in [1.29, 1.82) is 0 Å². The number of carbonyl (C=O) groups excluding carboxylic acids is 1. The van der Waals surface area contributed by atoms with Gasteiger partial charge in [-0.2, -0.15) is 0 Å². The molecule has 7 heteroatoms. The zero-order valence-corrected chi connectivity index (χ0v) is 25.0. The molecule has 3 rings (SSSR count). The second-order valence-corrected chi connectivity index (χ2v) is 19.4. The maximum atomic E-state index is 12.9. The van der Waals surface area contributed by atoms with Crippen LogP contribution in [0.2, 0.25) is 16.6 Å². The van der Waals surface area contributed by atoms with Gasteiger partial charge in [0.15, 0.2) is 0 Å². The third-order valence-corrected chi connectivity index (χ3v) is 16.7. The highest BCUT2D eigenvalue weighted by Gasteiger charge is 2.47. The Balaban J connectivity index is 1.94. The number of ether oxygens (including phenoxy) is 1. The Morgan fingerprint density at radius 1 is 1.14 bits per heavy atom. The standard InChI is InChI=1S/C28H46N2O3SSi/c1-18(2)35(19(3)4,20(5)6)26-29-23-15-12-14-22(25(23)34-26)24(31)17-21-13-10-11-16-30(21)27(32)33-28(7,8)9/h12,14-15,18-21,24,31H,10-11,13,16-17H2,1-9H3/t21-,24+/m0/s1. The van der Waals surface area contributed by atoms with Crippen LogP contribution in [-0.2, 0) is 4.74 Å². The zero-order chi connectivity index (χ0) is 26.1. The fourth-order valence-corrected chi connectivity index (χ4v) is 16.2. The summed E-state index contributed by atoms with van der Waals surface area (Å²) in [6, 6.07) is 6.12. The van der Waals surface area contributed by atoms with Crippen LogP contribution < -0.4 is 4.63 Å². The average Bonchev–Trinajstić information content (AvgIpc) is 3.16. The zero-order valence-electron chi connectivity index (χ0n) is 23.2. The molecule has 1 saturated heterocycles. The van der Waals surface area contributed by atoms with E-state index in [-0.39, 0.29) is 12.1 Å². The molecule has 35 heavy (non-hydrogen) atoms. The van der Waals surface area contributed by atoms with Crippen molar-refractivity contribution in [1.82, 2.24) is 9.88 Å². The highest BCUT2D eigenvalue weighted by atomic mass is 32.1.